The number of hydrogen-bond acceptors (Lipinski definition) is 6. The van der Waals surface area contributed by atoms with Gasteiger partial charge < -0.3 is 19.7 Å². The number of nitrogens with one attached hydrogen (secondary N) is 1. The molecule has 1 fully saturated rings. The van der Waals surface area contributed by atoms with Crippen molar-refractivity contribution in [2.45, 2.75) is 38.5 Å². The van der Waals surface area contributed by atoms with Gasteiger partial charge in [-0.1, -0.05) is 12.1 Å². The number of anilines is 1. The van der Waals surface area contributed by atoms with E-state index in [1.54, 1.807) is 7.11 Å². The first-order valence-corrected chi connectivity index (χ1v) is 10.9. The van der Waals surface area contributed by atoms with Crippen molar-refractivity contribution in [3.8, 4) is 11.5 Å². The van der Waals surface area contributed by atoms with Crippen molar-refractivity contribution in [2.75, 3.05) is 38.3 Å². The molecule has 0 unspecified atom stereocenters. The number of rotatable bonds is 7. The van der Waals surface area contributed by atoms with Crippen LogP contribution in [0.1, 0.15) is 36.9 Å². The van der Waals surface area contributed by atoms with Crippen LogP contribution >= 0.6 is 0 Å². The zero-order chi connectivity index (χ0) is 20.8. The number of carbonyl (C=O) groups excluding carboxylic acids is 1. The van der Waals surface area contributed by atoms with Crippen LogP contribution in [0.4, 0.5) is 5.95 Å². The van der Waals surface area contributed by atoms with Crippen LogP contribution in [0.25, 0.3) is 0 Å². The molecule has 1 aromatic heterocycles. The standard InChI is InChI=1S/C23H30N4O3/c1-29-20-7-3-4-8-21(20)30-14-11-24-22(28)17-9-10-19-18(15-17)16-25-23(26-19)27-12-5-2-6-13-27/h3-4,7-8,16-17H,2,5-6,9-15H2,1H3,(H,24,28)/t17-/m0/s1. The highest BCUT2D eigenvalue weighted by atomic mass is 16.5. The number of amides is 1. The monoisotopic (exact) mass is 410 g/mol. The van der Waals surface area contributed by atoms with Crippen LogP contribution < -0.4 is 19.7 Å². The molecule has 7 heteroatoms. The number of nitrogens with zero attached hydrogens (tertiary/aromatic N) is 3. The largest absolute Gasteiger partial charge is 0.493 e. The quantitative estimate of drug-likeness (QED) is 0.708. The van der Waals surface area contributed by atoms with Gasteiger partial charge in [0.25, 0.3) is 0 Å². The van der Waals surface area contributed by atoms with Gasteiger partial charge >= 0.3 is 0 Å². The second kappa shape index (κ2) is 9.78. The lowest BCUT2D eigenvalue weighted by atomic mass is 9.86. The third kappa shape index (κ3) is 4.83. The summed E-state index contributed by atoms with van der Waals surface area (Å²) in [5.74, 6) is 2.27. The Morgan fingerprint density at radius 1 is 1.20 bits per heavy atom. The average Bonchev–Trinajstić information content (AvgIpc) is 2.81. The summed E-state index contributed by atoms with van der Waals surface area (Å²) >= 11 is 0. The summed E-state index contributed by atoms with van der Waals surface area (Å²) in [6.07, 6.45) is 8.00. The second-order valence-corrected chi connectivity index (χ2v) is 7.92. The molecule has 1 aliphatic heterocycles. The SMILES string of the molecule is COc1ccccc1OCCNC(=O)[C@H]1CCc2nc(N3CCCCC3)ncc2C1. The maximum absolute atomic E-state index is 12.6. The van der Waals surface area contributed by atoms with Crippen molar-refractivity contribution in [3.05, 3.63) is 41.7 Å². The first kappa shape index (κ1) is 20.4. The van der Waals surface area contributed by atoms with Crippen LogP contribution in [-0.4, -0.2) is 49.2 Å². The van der Waals surface area contributed by atoms with Gasteiger partial charge in [0.1, 0.15) is 6.61 Å². The Balaban J connectivity index is 1.26. The minimum absolute atomic E-state index is 0.0341. The molecule has 0 saturated carbocycles. The van der Waals surface area contributed by atoms with Crippen LogP contribution in [-0.2, 0) is 17.6 Å². The van der Waals surface area contributed by atoms with Crippen molar-refractivity contribution >= 4 is 11.9 Å². The van der Waals surface area contributed by atoms with Gasteiger partial charge in [-0.3, -0.25) is 4.79 Å². The summed E-state index contributed by atoms with van der Waals surface area (Å²) in [6, 6.07) is 7.51. The summed E-state index contributed by atoms with van der Waals surface area (Å²) in [5.41, 5.74) is 2.21. The molecule has 30 heavy (non-hydrogen) atoms. The molecule has 7 nitrogen and oxygen atoms in total. The fraction of sp³-hybridized carbons (Fsp3) is 0.522. The zero-order valence-electron chi connectivity index (χ0n) is 17.6. The number of benzene rings is 1. The van der Waals surface area contributed by atoms with Gasteiger partial charge in [0.15, 0.2) is 11.5 Å². The van der Waals surface area contributed by atoms with Gasteiger partial charge in [0, 0.05) is 30.9 Å². The predicted molar refractivity (Wildman–Crippen MR) is 115 cm³/mol. The Labute approximate surface area is 177 Å². The molecule has 160 valence electrons. The van der Waals surface area contributed by atoms with Gasteiger partial charge in [0.05, 0.1) is 13.7 Å². The lowest BCUT2D eigenvalue weighted by Gasteiger charge is -2.28. The van der Waals surface area contributed by atoms with Crippen molar-refractivity contribution in [3.63, 3.8) is 0 Å². The maximum Gasteiger partial charge on any atom is 0.225 e. The van der Waals surface area contributed by atoms with E-state index in [0.29, 0.717) is 31.1 Å². The topological polar surface area (TPSA) is 76.6 Å². The molecular weight excluding hydrogens is 380 g/mol. The van der Waals surface area contributed by atoms with Crippen molar-refractivity contribution in [1.29, 1.82) is 0 Å². The van der Waals surface area contributed by atoms with Crippen LogP contribution in [0, 0.1) is 5.92 Å². The number of carbonyl (C=O) groups is 1. The van der Waals surface area contributed by atoms with E-state index in [4.69, 9.17) is 14.5 Å². The molecule has 1 saturated heterocycles. The Hall–Kier alpha value is -2.83. The smallest absolute Gasteiger partial charge is 0.225 e. The predicted octanol–water partition coefficient (Wildman–Crippen LogP) is 2.78. The van der Waals surface area contributed by atoms with Gasteiger partial charge in [-0.25, -0.2) is 9.97 Å². The normalized spacial score (nSPS) is 18.4. The van der Waals surface area contributed by atoms with Crippen LogP contribution in [0.2, 0.25) is 0 Å². The summed E-state index contributed by atoms with van der Waals surface area (Å²) in [7, 11) is 1.62. The van der Waals surface area contributed by atoms with Gasteiger partial charge in [0.2, 0.25) is 11.9 Å². The van der Waals surface area contributed by atoms with E-state index in [-0.39, 0.29) is 11.8 Å². The van der Waals surface area contributed by atoms with E-state index in [2.05, 4.69) is 15.2 Å². The second-order valence-electron chi connectivity index (χ2n) is 7.92. The van der Waals surface area contributed by atoms with E-state index in [9.17, 15) is 4.79 Å². The first-order chi connectivity index (χ1) is 14.7. The van der Waals surface area contributed by atoms with Gasteiger partial charge in [-0.15, -0.1) is 0 Å². The lowest BCUT2D eigenvalue weighted by Crippen LogP contribution is -2.37. The number of methoxy groups -OCH3 is 1. The molecule has 2 aromatic rings. The lowest BCUT2D eigenvalue weighted by molar-refractivity contribution is -0.125. The molecule has 1 aliphatic carbocycles. The number of aryl methyl sites for hydroxylation is 1. The molecule has 0 bridgehead atoms. The fourth-order valence-electron chi connectivity index (χ4n) is 4.18. The van der Waals surface area contributed by atoms with Gasteiger partial charge in [-0.05, 0) is 56.2 Å². The minimum Gasteiger partial charge on any atom is -0.493 e. The highest BCUT2D eigenvalue weighted by molar-refractivity contribution is 5.79. The number of aromatic nitrogens is 2. The van der Waals surface area contributed by atoms with Crippen molar-refractivity contribution in [2.24, 2.45) is 5.92 Å². The highest BCUT2D eigenvalue weighted by Gasteiger charge is 2.26. The van der Waals surface area contributed by atoms with Crippen LogP contribution in [0.3, 0.4) is 0 Å². The molecule has 1 N–H and O–H groups in total. The van der Waals surface area contributed by atoms with Crippen LogP contribution in [0.15, 0.2) is 30.5 Å². The summed E-state index contributed by atoms with van der Waals surface area (Å²) in [6.45, 7) is 2.95. The Morgan fingerprint density at radius 3 is 2.80 bits per heavy atom. The van der Waals surface area contributed by atoms with Crippen molar-refractivity contribution < 1.29 is 14.3 Å². The fourth-order valence-corrected chi connectivity index (χ4v) is 4.18. The Kier molecular flexibility index (Phi) is 6.67. The molecular formula is C23H30N4O3. The maximum atomic E-state index is 12.6. The molecule has 2 heterocycles. The number of para-hydroxylation sites is 2. The van der Waals surface area contributed by atoms with E-state index >= 15 is 0 Å². The van der Waals surface area contributed by atoms with E-state index < -0.39 is 0 Å². The van der Waals surface area contributed by atoms with Gasteiger partial charge in [-0.2, -0.15) is 0 Å². The number of hydrogen-bond donors (Lipinski definition) is 1. The molecule has 4 rings (SSSR count). The highest BCUT2D eigenvalue weighted by Crippen LogP contribution is 2.27. The molecule has 0 spiro atoms. The number of fused-ring (bicyclic) bond motifs is 1. The Bertz CT molecular complexity index is 867. The molecule has 1 atom stereocenters. The van der Waals surface area contributed by atoms with E-state index in [1.807, 2.05) is 30.5 Å². The minimum atomic E-state index is -0.0341. The zero-order valence-corrected chi connectivity index (χ0v) is 17.6. The first-order valence-electron chi connectivity index (χ1n) is 10.9. The molecule has 1 amide bonds. The van der Waals surface area contributed by atoms with Crippen molar-refractivity contribution in [1.82, 2.24) is 15.3 Å². The summed E-state index contributed by atoms with van der Waals surface area (Å²) < 4.78 is 11.0. The summed E-state index contributed by atoms with van der Waals surface area (Å²) in [4.78, 5) is 24.3. The summed E-state index contributed by atoms with van der Waals surface area (Å²) in [5, 5.41) is 3.00. The number of ether oxygens (including phenoxy) is 2. The third-order valence-corrected chi connectivity index (χ3v) is 5.88. The molecule has 2 aliphatic rings. The van der Waals surface area contributed by atoms with Crippen LogP contribution in [0.5, 0.6) is 11.5 Å². The molecule has 0 radical (unpaired) electrons. The van der Waals surface area contributed by atoms with E-state index in [1.165, 1.54) is 19.3 Å². The van der Waals surface area contributed by atoms with E-state index in [0.717, 1.165) is 43.1 Å². The molecule has 1 aromatic carbocycles. The Morgan fingerprint density at radius 2 is 2.00 bits per heavy atom. The third-order valence-electron chi connectivity index (χ3n) is 5.88. The number of piperidine rings is 1. The average molecular weight is 411 g/mol.